The zero-order chi connectivity index (χ0) is 14.7. The molecule has 1 fully saturated rings. The summed E-state index contributed by atoms with van der Waals surface area (Å²) < 4.78 is 13.6. The van der Waals surface area contributed by atoms with Gasteiger partial charge in [0.15, 0.2) is 0 Å². The van der Waals surface area contributed by atoms with Crippen LogP contribution in [-0.2, 0) is 0 Å². The maximum atomic E-state index is 13.0. The van der Waals surface area contributed by atoms with E-state index in [0.717, 1.165) is 19.3 Å². The van der Waals surface area contributed by atoms with Crippen LogP contribution in [0.2, 0.25) is 0 Å². The number of amides is 1. The zero-order valence-corrected chi connectivity index (χ0v) is 12.8. The van der Waals surface area contributed by atoms with Crippen LogP contribution in [0.25, 0.3) is 0 Å². The van der Waals surface area contributed by atoms with E-state index in [2.05, 4.69) is 10.5 Å². The molecule has 108 valence electrons. The number of amidine groups is 1. The highest BCUT2D eigenvalue weighted by molar-refractivity contribution is 14.1. The average Bonchev–Trinajstić information content (AvgIpc) is 2.85. The van der Waals surface area contributed by atoms with Crippen LogP contribution in [0, 0.1) is 15.3 Å². The summed E-state index contributed by atoms with van der Waals surface area (Å²) in [7, 11) is 0. The monoisotopic (exact) mass is 391 g/mol. The van der Waals surface area contributed by atoms with E-state index in [4.69, 9.17) is 10.9 Å². The van der Waals surface area contributed by atoms with Crippen LogP contribution < -0.4 is 11.1 Å². The van der Waals surface area contributed by atoms with Crippen LogP contribution in [-0.4, -0.2) is 23.0 Å². The zero-order valence-electron chi connectivity index (χ0n) is 10.6. The van der Waals surface area contributed by atoms with Crippen molar-refractivity contribution in [1.82, 2.24) is 5.32 Å². The minimum Gasteiger partial charge on any atom is -0.409 e. The van der Waals surface area contributed by atoms with Crippen LogP contribution in [0.3, 0.4) is 0 Å². The molecule has 0 aliphatic heterocycles. The van der Waals surface area contributed by atoms with Crippen molar-refractivity contribution in [3.63, 3.8) is 0 Å². The van der Waals surface area contributed by atoms with Gasteiger partial charge in [0, 0.05) is 15.5 Å². The van der Waals surface area contributed by atoms with Gasteiger partial charge in [-0.1, -0.05) is 11.6 Å². The summed E-state index contributed by atoms with van der Waals surface area (Å²) in [5, 5.41) is 14.7. The Hall–Kier alpha value is -1.38. The molecule has 0 radical (unpaired) electrons. The van der Waals surface area contributed by atoms with Gasteiger partial charge in [-0.05, 0) is 53.6 Å². The molecule has 4 N–H and O–H groups in total. The minimum absolute atomic E-state index is 0.140. The quantitative estimate of drug-likeness (QED) is 0.242. The van der Waals surface area contributed by atoms with Gasteiger partial charge in [0.1, 0.15) is 11.7 Å². The van der Waals surface area contributed by atoms with Crippen LogP contribution in [0.5, 0.6) is 0 Å². The number of nitrogens with one attached hydrogen (secondary N) is 1. The van der Waals surface area contributed by atoms with Crippen molar-refractivity contribution in [3.05, 3.63) is 33.1 Å². The highest BCUT2D eigenvalue weighted by atomic mass is 127. The first-order valence-corrected chi connectivity index (χ1v) is 7.34. The molecule has 7 heteroatoms. The SMILES string of the molecule is N/C(=N/O)C1CCCC1NC(=O)c1ccc(F)cc1I. The number of benzene rings is 1. The van der Waals surface area contributed by atoms with Crippen molar-refractivity contribution in [2.45, 2.75) is 25.3 Å². The van der Waals surface area contributed by atoms with Crippen molar-refractivity contribution < 1.29 is 14.4 Å². The molecule has 0 spiro atoms. The number of nitrogens with zero attached hydrogens (tertiary/aromatic N) is 1. The average molecular weight is 391 g/mol. The summed E-state index contributed by atoms with van der Waals surface area (Å²) >= 11 is 1.92. The van der Waals surface area contributed by atoms with Crippen molar-refractivity contribution >= 4 is 34.3 Å². The highest BCUT2D eigenvalue weighted by Crippen LogP contribution is 2.26. The van der Waals surface area contributed by atoms with E-state index in [1.54, 1.807) is 0 Å². The highest BCUT2D eigenvalue weighted by Gasteiger charge is 2.32. The second-order valence-corrected chi connectivity index (χ2v) is 5.93. The maximum Gasteiger partial charge on any atom is 0.252 e. The molecule has 0 heterocycles. The number of carbonyl (C=O) groups is 1. The third kappa shape index (κ3) is 3.20. The van der Waals surface area contributed by atoms with Crippen LogP contribution in [0.1, 0.15) is 29.6 Å². The summed E-state index contributed by atoms with van der Waals surface area (Å²) in [5.74, 6) is -0.651. The predicted octanol–water partition coefficient (Wildman–Crippen LogP) is 2.08. The van der Waals surface area contributed by atoms with Gasteiger partial charge >= 0.3 is 0 Å². The Labute approximate surface area is 129 Å². The lowest BCUT2D eigenvalue weighted by Gasteiger charge is -2.20. The first-order chi connectivity index (χ1) is 9.52. The summed E-state index contributed by atoms with van der Waals surface area (Å²) in [6, 6.07) is 3.87. The van der Waals surface area contributed by atoms with Crippen LogP contribution in [0.15, 0.2) is 23.4 Å². The van der Waals surface area contributed by atoms with Gasteiger partial charge in [-0.15, -0.1) is 0 Å². The van der Waals surface area contributed by atoms with Gasteiger partial charge in [-0.2, -0.15) is 0 Å². The third-order valence-corrected chi connectivity index (χ3v) is 4.40. The van der Waals surface area contributed by atoms with Crippen LogP contribution >= 0.6 is 22.6 Å². The number of rotatable bonds is 3. The number of hydrogen-bond acceptors (Lipinski definition) is 3. The second-order valence-electron chi connectivity index (χ2n) is 4.77. The van der Waals surface area contributed by atoms with Crippen molar-refractivity contribution in [2.24, 2.45) is 16.8 Å². The van der Waals surface area contributed by atoms with Gasteiger partial charge in [0.2, 0.25) is 0 Å². The molecule has 1 saturated carbocycles. The summed E-state index contributed by atoms with van der Waals surface area (Å²) in [6.07, 6.45) is 2.47. The molecule has 5 nitrogen and oxygen atoms in total. The topological polar surface area (TPSA) is 87.7 Å². The van der Waals surface area contributed by atoms with E-state index in [1.807, 2.05) is 22.6 Å². The Kier molecular flexibility index (Phi) is 4.79. The van der Waals surface area contributed by atoms with Crippen molar-refractivity contribution in [1.29, 1.82) is 0 Å². The van der Waals surface area contributed by atoms with Crippen molar-refractivity contribution in [3.8, 4) is 0 Å². The number of hydrogen-bond donors (Lipinski definition) is 3. The Morgan fingerprint density at radius 3 is 2.90 bits per heavy atom. The third-order valence-electron chi connectivity index (χ3n) is 3.50. The minimum atomic E-state index is -0.374. The van der Waals surface area contributed by atoms with E-state index >= 15 is 0 Å². The number of oxime groups is 1. The van der Waals surface area contributed by atoms with Crippen molar-refractivity contribution in [2.75, 3.05) is 0 Å². The van der Waals surface area contributed by atoms with Gasteiger partial charge < -0.3 is 16.3 Å². The summed E-state index contributed by atoms with van der Waals surface area (Å²) in [6.45, 7) is 0. The van der Waals surface area contributed by atoms with Gasteiger partial charge in [0.25, 0.3) is 5.91 Å². The fraction of sp³-hybridized carbons (Fsp3) is 0.385. The maximum absolute atomic E-state index is 13.0. The summed E-state index contributed by atoms with van der Waals surface area (Å²) in [5.41, 5.74) is 6.06. The van der Waals surface area contributed by atoms with Gasteiger partial charge in [-0.25, -0.2) is 4.39 Å². The smallest absolute Gasteiger partial charge is 0.252 e. The lowest BCUT2D eigenvalue weighted by molar-refractivity contribution is 0.0932. The molecule has 0 saturated heterocycles. The Bertz CT molecular complexity index is 550. The second kappa shape index (κ2) is 6.38. The standard InChI is InChI=1S/C13H15FIN3O2/c14-7-4-5-8(10(15)6-7)13(19)17-11-3-1-2-9(11)12(16)18-20/h4-6,9,11,20H,1-3H2,(H2,16,18)(H,17,19). The molecule has 0 bridgehead atoms. The predicted molar refractivity (Wildman–Crippen MR) is 81.1 cm³/mol. The molecular formula is C13H15FIN3O2. The normalized spacial score (nSPS) is 22.8. The van der Waals surface area contributed by atoms with E-state index in [1.165, 1.54) is 18.2 Å². The van der Waals surface area contributed by atoms with E-state index < -0.39 is 0 Å². The molecule has 2 unspecified atom stereocenters. The van der Waals surface area contributed by atoms with E-state index in [9.17, 15) is 9.18 Å². The fourth-order valence-electron chi connectivity index (χ4n) is 2.48. The first kappa shape index (κ1) is 15.0. The molecule has 2 atom stereocenters. The molecule has 1 aromatic carbocycles. The van der Waals surface area contributed by atoms with Crippen LogP contribution in [0.4, 0.5) is 4.39 Å². The largest absolute Gasteiger partial charge is 0.409 e. The molecule has 0 aromatic heterocycles. The molecule has 20 heavy (non-hydrogen) atoms. The first-order valence-electron chi connectivity index (χ1n) is 6.26. The molecule has 1 amide bonds. The lowest BCUT2D eigenvalue weighted by Crippen LogP contribution is -2.42. The number of nitrogens with two attached hydrogens (primary N) is 1. The molecular weight excluding hydrogens is 376 g/mol. The van der Waals surface area contributed by atoms with E-state index in [-0.39, 0.29) is 29.5 Å². The molecule has 1 aliphatic carbocycles. The number of halogens is 2. The Morgan fingerprint density at radius 1 is 1.50 bits per heavy atom. The van der Waals surface area contributed by atoms with Gasteiger partial charge in [-0.3, -0.25) is 4.79 Å². The molecule has 1 aromatic rings. The fourth-order valence-corrected chi connectivity index (χ4v) is 3.20. The van der Waals surface area contributed by atoms with Gasteiger partial charge in [0.05, 0.1) is 5.56 Å². The summed E-state index contributed by atoms with van der Waals surface area (Å²) in [4.78, 5) is 12.2. The van der Waals surface area contributed by atoms with E-state index in [0.29, 0.717) is 9.13 Å². The number of carbonyl (C=O) groups excluding carboxylic acids is 1. The molecule has 1 aliphatic rings. The molecule has 2 rings (SSSR count). The lowest BCUT2D eigenvalue weighted by atomic mass is 10.0. The Morgan fingerprint density at radius 2 is 2.25 bits per heavy atom. The Balaban J connectivity index is 2.11.